The minimum atomic E-state index is -0.442. The molecule has 9 nitrogen and oxygen atoms in total. The van der Waals surface area contributed by atoms with E-state index in [2.05, 4.69) is 9.97 Å². The molecule has 1 unspecified atom stereocenters. The molecule has 0 aliphatic heterocycles. The Morgan fingerprint density at radius 3 is 2.49 bits per heavy atom. The highest BCUT2D eigenvalue weighted by Crippen LogP contribution is 2.36. The molecule has 10 heteroatoms. The lowest BCUT2D eigenvalue weighted by molar-refractivity contribution is 0.417. The highest BCUT2D eigenvalue weighted by atomic mass is 35.5. The first-order chi connectivity index (χ1) is 18.9. The third-order valence-electron chi connectivity index (χ3n) is 6.85. The number of nitrogens with zero attached hydrogens (tertiary/aromatic N) is 5. The molecule has 0 aliphatic rings. The molecule has 0 amide bonds. The lowest BCUT2D eigenvalue weighted by Crippen LogP contribution is -2.26. The van der Waals surface area contributed by atoms with Crippen LogP contribution in [0.3, 0.4) is 0 Å². The smallest absolute Gasteiger partial charge is 0.264 e. The van der Waals surface area contributed by atoms with Crippen LogP contribution in [0.4, 0.5) is 11.5 Å². The minimum Gasteiger partial charge on any atom is -0.495 e. The molecule has 0 saturated carbocycles. The van der Waals surface area contributed by atoms with E-state index in [4.69, 9.17) is 32.9 Å². The quantitative estimate of drug-likeness (QED) is 0.288. The first-order valence-electron chi connectivity index (χ1n) is 12.2. The molecule has 0 fully saturated rings. The summed E-state index contributed by atoms with van der Waals surface area (Å²) in [7, 11) is 1.56. The maximum Gasteiger partial charge on any atom is 0.264 e. The Morgan fingerprint density at radius 1 is 0.949 bits per heavy atom. The summed E-state index contributed by atoms with van der Waals surface area (Å²) in [5.41, 5.74) is 16.0. The van der Waals surface area contributed by atoms with E-state index in [9.17, 15) is 4.79 Å². The number of anilines is 2. The van der Waals surface area contributed by atoms with Gasteiger partial charge in [-0.3, -0.25) is 9.36 Å². The predicted octanol–water partition coefficient (Wildman–Crippen LogP) is 5.23. The highest BCUT2D eigenvalue weighted by molar-refractivity contribution is 6.35. The second kappa shape index (κ2) is 9.45. The molecule has 0 saturated heterocycles. The Bertz CT molecular complexity index is 1930. The Balaban J connectivity index is 1.63. The van der Waals surface area contributed by atoms with E-state index in [0.29, 0.717) is 50.0 Å². The maximum absolute atomic E-state index is 13.9. The Labute approximate surface area is 228 Å². The largest absolute Gasteiger partial charge is 0.495 e. The topological polar surface area (TPSA) is 127 Å². The zero-order valence-corrected chi connectivity index (χ0v) is 21.9. The molecule has 39 heavy (non-hydrogen) atoms. The van der Waals surface area contributed by atoms with Crippen LogP contribution in [0, 0.1) is 0 Å². The van der Waals surface area contributed by atoms with E-state index in [1.165, 1.54) is 6.33 Å². The van der Waals surface area contributed by atoms with Gasteiger partial charge in [-0.25, -0.2) is 14.6 Å². The fraction of sp³-hybridized carbons (Fsp3) is 0.103. The molecule has 194 valence electrons. The number of halogens is 1. The normalized spacial score (nSPS) is 12.2. The first-order valence-corrected chi connectivity index (χ1v) is 12.6. The fourth-order valence-electron chi connectivity index (χ4n) is 4.96. The van der Waals surface area contributed by atoms with Gasteiger partial charge in [0.1, 0.15) is 23.6 Å². The zero-order chi connectivity index (χ0) is 27.3. The monoisotopic (exact) mass is 537 g/mol. The average Bonchev–Trinajstić information content (AvgIpc) is 3.34. The van der Waals surface area contributed by atoms with Crippen molar-refractivity contribution in [3.8, 4) is 22.7 Å². The van der Waals surface area contributed by atoms with Crippen molar-refractivity contribution in [3.63, 3.8) is 0 Å². The number of hydrogen-bond donors (Lipinski definition) is 2. The summed E-state index contributed by atoms with van der Waals surface area (Å²) in [5.74, 6) is 0.843. The number of nitrogens with two attached hydrogens (primary N) is 2. The molecule has 0 aliphatic carbocycles. The molecule has 0 radical (unpaired) electrons. The number of aromatic nitrogens is 5. The molecule has 4 N–H and O–H groups in total. The number of fused-ring (bicyclic) bond motifs is 2. The molecule has 3 aromatic carbocycles. The standard InChI is InChI=1S/C29H24ClN7O2/c1-16(22-14-17-7-6-10-20(30)24(17)29(38)36(22)19-8-4-3-5-9-19)37-28-25(27(32)33-15-34-28)26(35-37)18-11-12-23(39-2)21(31)13-18/h3-16H,31H2,1-2H3,(H2,32,33,34). The summed E-state index contributed by atoms with van der Waals surface area (Å²) >= 11 is 6.49. The van der Waals surface area contributed by atoms with Crippen molar-refractivity contribution < 1.29 is 4.74 Å². The number of rotatable bonds is 5. The molecular formula is C29H24ClN7O2. The zero-order valence-electron chi connectivity index (χ0n) is 21.2. The van der Waals surface area contributed by atoms with Crippen LogP contribution in [0.2, 0.25) is 5.02 Å². The number of hydrogen-bond acceptors (Lipinski definition) is 7. The van der Waals surface area contributed by atoms with E-state index in [0.717, 1.165) is 10.9 Å². The average molecular weight is 538 g/mol. The van der Waals surface area contributed by atoms with E-state index < -0.39 is 6.04 Å². The van der Waals surface area contributed by atoms with Gasteiger partial charge in [-0.1, -0.05) is 41.9 Å². The Kier molecular flexibility index (Phi) is 5.92. The number of para-hydroxylation sites is 1. The van der Waals surface area contributed by atoms with Crippen LogP contribution in [0.5, 0.6) is 5.75 Å². The molecule has 6 aromatic rings. The van der Waals surface area contributed by atoms with Crippen molar-refractivity contribution in [1.82, 2.24) is 24.3 Å². The highest BCUT2D eigenvalue weighted by Gasteiger charge is 2.25. The summed E-state index contributed by atoms with van der Waals surface area (Å²) in [4.78, 5) is 22.7. The van der Waals surface area contributed by atoms with Gasteiger partial charge in [0, 0.05) is 11.3 Å². The van der Waals surface area contributed by atoms with Gasteiger partial charge in [-0.05, 0) is 54.8 Å². The van der Waals surface area contributed by atoms with Crippen LogP contribution >= 0.6 is 11.6 Å². The fourth-order valence-corrected chi connectivity index (χ4v) is 5.23. The molecule has 3 aromatic heterocycles. The number of ether oxygens (including phenoxy) is 1. The van der Waals surface area contributed by atoms with Crippen LogP contribution in [0.1, 0.15) is 18.7 Å². The predicted molar refractivity (Wildman–Crippen MR) is 155 cm³/mol. The van der Waals surface area contributed by atoms with Gasteiger partial charge >= 0.3 is 0 Å². The Morgan fingerprint density at radius 2 is 1.74 bits per heavy atom. The van der Waals surface area contributed by atoms with Gasteiger partial charge in [0.25, 0.3) is 5.56 Å². The van der Waals surface area contributed by atoms with Crippen LogP contribution in [0.25, 0.3) is 38.8 Å². The lowest BCUT2D eigenvalue weighted by atomic mass is 10.1. The number of pyridine rings is 1. The molecule has 0 bridgehead atoms. The van der Waals surface area contributed by atoms with Crippen molar-refractivity contribution in [2.45, 2.75) is 13.0 Å². The molecule has 6 rings (SSSR count). The second-order valence-corrected chi connectivity index (χ2v) is 9.54. The number of nitrogen functional groups attached to an aromatic ring is 2. The van der Waals surface area contributed by atoms with Gasteiger partial charge in [0.2, 0.25) is 0 Å². The van der Waals surface area contributed by atoms with Crippen molar-refractivity contribution >= 4 is 44.9 Å². The third-order valence-corrected chi connectivity index (χ3v) is 7.17. The van der Waals surface area contributed by atoms with Crippen molar-refractivity contribution in [2.24, 2.45) is 0 Å². The van der Waals surface area contributed by atoms with Crippen LogP contribution in [-0.4, -0.2) is 31.4 Å². The van der Waals surface area contributed by atoms with Crippen LogP contribution < -0.4 is 21.8 Å². The van der Waals surface area contributed by atoms with Crippen molar-refractivity contribution in [2.75, 3.05) is 18.6 Å². The first kappa shape index (κ1) is 24.4. The van der Waals surface area contributed by atoms with E-state index in [1.807, 2.05) is 61.5 Å². The number of benzene rings is 3. The van der Waals surface area contributed by atoms with Gasteiger partial charge in [-0.15, -0.1) is 0 Å². The molecule has 1 atom stereocenters. The SMILES string of the molecule is COc1ccc(-c2nn(C(C)c3cc4cccc(Cl)c4c(=O)n3-c3ccccc3)c3ncnc(N)c23)cc1N. The van der Waals surface area contributed by atoms with Gasteiger partial charge in [0.05, 0.1) is 40.3 Å². The van der Waals surface area contributed by atoms with Crippen molar-refractivity contribution in [1.29, 1.82) is 0 Å². The minimum absolute atomic E-state index is 0.222. The summed E-state index contributed by atoms with van der Waals surface area (Å²) in [6, 6.07) is 21.8. The van der Waals surface area contributed by atoms with Gasteiger partial charge < -0.3 is 16.2 Å². The molecular weight excluding hydrogens is 514 g/mol. The summed E-state index contributed by atoms with van der Waals surface area (Å²) in [6.07, 6.45) is 1.40. The van der Waals surface area contributed by atoms with E-state index in [-0.39, 0.29) is 11.4 Å². The lowest BCUT2D eigenvalue weighted by Gasteiger charge is -2.21. The molecule has 3 heterocycles. The summed E-state index contributed by atoms with van der Waals surface area (Å²) < 4.78 is 8.74. The van der Waals surface area contributed by atoms with Gasteiger partial charge in [-0.2, -0.15) is 5.10 Å². The van der Waals surface area contributed by atoms with Crippen LogP contribution in [-0.2, 0) is 0 Å². The third kappa shape index (κ3) is 3.95. The van der Waals surface area contributed by atoms with Crippen LogP contribution in [0.15, 0.2) is 83.9 Å². The van der Waals surface area contributed by atoms with Gasteiger partial charge in [0.15, 0.2) is 5.65 Å². The second-order valence-electron chi connectivity index (χ2n) is 9.13. The van der Waals surface area contributed by atoms with E-state index >= 15 is 0 Å². The summed E-state index contributed by atoms with van der Waals surface area (Å²) in [5, 5.41) is 7.12. The maximum atomic E-state index is 13.9. The molecule has 0 spiro atoms. The number of methoxy groups -OCH3 is 1. The Hall–Kier alpha value is -4.89. The van der Waals surface area contributed by atoms with Crippen molar-refractivity contribution in [3.05, 3.63) is 100 Å². The van der Waals surface area contributed by atoms with E-state index in [1.54, 1.807) is 34.6 Å². The summed E-state index contributed by atoms with van der Waals surface area (Å²) in [6.45, 7) is 1.96.